The number of amides is 1. The number of thiazole rings is 1. The lowest BCUT2D eigenvalue weighted by Gasteiger charge is -2.17. The lowest BCUT2D eigenvalue weighted by Crippen LogP contribution is -2.32. The highest BCUT2D eigenvalue weighted by molar-refractivity contribution is 8.01. The van der Waals surface area contributed by atoms with Crippen LogP contribution in [0.4, 0.5) is 13.2 Å². The predicted octanol–water partition coefficient (Wildman–Crippen LogP) is 4.48. The van der Waals surface area contributed by atoms with Gasteiger partial charge in [0, 0.05) is 25.2 Å². The molecule has 3 aromatic rings. The highest BCUT2D eigenvalue weighted by Crippen LogP contribution is 2.32. The number of carbonyl (C=O) groups is 1. The maximum absolute atomic E-state index is 12.8. The number of hydrogen-bond acceptors (Lipinski definition) is 6. The number of benzene rings is 1. The van der Waals surface area contributed by atoms with Crippen LogP contribution in [0.3, 0.4) is 0 Å². The summed E-state index contributed by atoms with van der Waals surface area (Å²) < 4.78 is 45.9. The second-order valence-corrected chi connectivity index (χ2v) is 8.74. The van der Waals surface area contributed by atoms with E-state index in [1.807, 2.05) is 24.3 Å². The van der Waals surface area contributed by atoms with Gasteiger partial charge in [0.05, 0.1) is 28.1 Å². The van der Waals surface area contributed by atoms with Gasteiger partial charge in [-0.05, 0) is 18.2 Å². The summed E-state index contributed by atoms with van der Waals surface area (Å²) in [6.07, 6.45) is -3.20. The van der Waals surface area contributed by atoms with Gasteiger partial charge >= 0.3 is 6.18 Å². The van der Waals surface area contributed by atoms with Gasteiger partial charge in [-0.3, -0.25) is 4.79 Å². The molecule has 1 fully saturated rings. The van der Waals surface area contributed by atoms with Crippen LogP contribution < -0.4 is 4.74 Å². The summed E-state index contributed by atoms with van der Waals surface area (Å²) in [4.78, 5) is 22.5. The van der Waals surface area contributed by atoms with Gasteiger partial charge in [0.1, 0.15) is 6.10 Å². The second-order valence-electron chi connectivity index (χ2n) is 6.48. The van der Waals surface area contributed by atoms with Crippen molar-refractivity contribution in [3.05, 3.63) is 48.2 Å². The molecule has 1 amide bonds. The van der Waals surface area contributed by atoms with Crippen LogP contribution >= 0.6 is 23.1 Å². The van der Waals surface area contributed by atoms with Crippen LogP contribution in [-0.2, 0) is 11.0 Å². The molecular weight excluding hydrogens is 423 g/mol. The van der Waals surface area contributed by atoms with Crippen molar-refractivity contribution in [2.45, 2.75) is 23.0 Å². The normalized spacial score (nSPS) is 17.1. The summed E-state index contributed by atoms with van der Waals surface area (Å²) in [5.74, 6) is 0.134. The third-order valence-electron chi connectivity index (χ3n) is 4.44. The van der Waals surface area contributed by atoms with Crippen molar-refractivity contribution in [2.75, 3.05) is 18.8 Å². The van der Waals surface area contributed by atoms with Gasteiger partial charge in [0.15, 0.2) is 4.34 Å². The molecule has 10 heteroatoms. The van der Waals surface area contributed by atoms with Crippen LogP contribution in [0.25, 0.3) is 10.2 Å². The monoisotopic (exact) mass is 439 g/mol. The fourth-order valence-electron chi connectivity index (χ4n) is 3.00. The Morgan fingerprint density at radius 2 is 2.14 bits per heavy atom. The smallest absolute Gasteiger partial charge is 0.416 e. The Hall–Kier alpha value is -2.33. The number of likely N-dealkylation sites (tertiary alicyclic amines) is 1. The van der Waals surface area contributed by atoms with Gasteiger partial charge in [0.2, 0.25) is 11.8 Å². The number of thioether (sulfide) groups is 1. The Morgan fingerprint density at radius 1 is 1.31 bits per heavy atom. The Labute approximate surface area is 172 Å². The van der Waals surface area contributed by atoms with Crippen molar-refractivity contribution in [3.63, 3.8) is 0 Å². The number of hydrogen-bond donors (Lipinski definition) is 0. The van der Waals surface area contributed by atoms with E-state index in [4.69, 9.17) is 4.74 Å². The molecule has 3 heterocycles. The number of pyridine rings is 1. The predicted molar refractivity (Wildman–Crippen MR) is 105 cm³/mol. The number of halogens is 3. The molecule has 5 nitrogen and oxygen atoms in total. The summed E-state index contributed by atoms with van der Waals surface area (Å²) >= 11 is 2.93. The van der Waals surface area contributed by atoms with E-state index < -0.39 is 11.7 Å². The number of rotatable bonds is 5. The van der Waals surface area contributed by atoms with Crippen LogP contribution in [-0.4, -0.2) is 45.7 Å². The zero-order valence-corrected chi connectivity index (χ0v) is 16.7. The molecule has 2 aromatic heterocycles. The van der Waals surface area contributed by atoms with Crippen LogP contribution in [0.2, 0.25) is 0 Å². The van der Waals surface area contributed by atoms with Gasteiger partial charge in [-0.25, -0.2) is 9.97 Å². The molecule has 0 bridgehead atoms. The fourth-order valence-corrected chi connectivity index (χ4v) is 4.97. The van der Waals surface area contributed by atoms with E-state index >= 15 is 0 Å². The standard InChI is InChI=1S/C19H16F3N3O2S2/c20-19(21,22)12-5-7-23-16(9-12)27-13-6-8-25(10-13)17(26)11-28-18-24-14-3-1-2-4-15(14)29-18/h1-5,7,9,13H,6,8,10-11H2. The lowest BCUT2D eigenvalue weighted by atomic mass is 10.2. The van der Waals surface area contributed by atoms with E-state index in [2.05, 4.69) is 9.97 Å². The molecule has 0 radical (unpaired) electrons. The average molecular weight is 439 g/mol. The number of carbonyl (C=O) groups excluding carboxylic acids is 1. The summed E-state index contributed by atoms with van der Waals surface area (Å²) in [7, 11) is 0. The molecule has 0 N–H and O–H groups in total. The minimum Gasteiger partial charge on any atom is -0.472 e. The van der Waals surface area contributed by atoms with E-state index in [9.17, 15) is 18.0 Å². The Balaban J connectivity index is 1.30. The Kier molecular flexibility index (Phi) is 5.64. The summed E-state index contributed by atoms with van der Waals surface area (Å²) in [6.45, 7) is 0.833. The third kappa shape index (κ3) is 4.81. The molecule has 1 saturated heterocycles. The third-order valence-corrected chi connectivity index (χ3v) is 6.60. The van der Waals surface area contributed by atoms with Crippen molar-refractivity contribution >= 4 is 39.2 Å². The number of alkyl halides is 3. The van der Waals surface area contributed by atoms with Gasteiger partial charge in [-0.15, -0.1) is 11.3 Å². The molecular formula is C19H16F3N3O2S2. The summed E-state index contributed by atoms with van der Waals surface area (Å²) in [6, 6.07) is 9.57. The number of aromatic nitrogens is 2. The zero-order chi connectivity index (χ0) is 20.4. The summed E-state index contributed by atoms with van der Waals surface area (Å²) in [5, 5.41) is 0. The van der Waals surface area contributed by atoms with Crippen molar-refractivity contribution in [3.8, 4) is 5.88 Å². The van der Waals surface area contributed by atoms with Crippen molar-refractivity contribution in [2.24, 2.45) is 0 Å². The average Bonchev–Trinajstić information content (AvgIpc) is 3.32. The maximum Gasteiger partial charge on any atom is 0.416 e. The van der Waals surface area contributed by atoms with Crippen LogP contribution in [0.15, 0.2) is 46.9 Å². The molecule has 1 aliphatic rings. The second kappa shape index (κ2) is 8.19. The number of para-hydroxylation sites is 1. The van der Waals surface area contributed by atoms with Crippen molar-refractivity contribution in [1.29, 1.82) is 0 Å². The van der Waals surface area contributed by atoms with Gasteiger partial charge in [-0.2, -0.15) is 13.2 Å². The molecule has 1 aliphatic heterocycles. The largest absolute Gasteiger partial charge is 0.472 e. The molecule has 0 aliphatic carbocycles. The first-order valence-corrected chi connectivity index (χ1v) is 10.6. The molecule has 0 saturated carbocycles. The van der Waals surface area contributed by atoms with Gasteiger partial charge < -0.3 is 9.64 Å². The number of nitrogens with zero attached hydrogens (tertiary/aromatic N) is 3. The fraction of sp³-hybridized carbons (Fsp3) is 0.316. The van der Waals surface area contributed by atoms with Gasteiger partial charge in [0.25, 0.3) is 0 Å². The number of fused-ring (bicyclic) bond motifs is 1. The highest BCUT2D eigenvalue weighted by Gasteiger charge is 2.32. The van der Waals surface area contributed by atoms with Crippen LogP contribution in [0.1, 0.15) is 12.0 Å². The minimum atomic E-state index is -4.45. The van der Waals surface area contributed by atoms with Crippen LogP contribution in [0.5, 0.6) is 5.88 Å². The Bertz CT molecular complexity index is 992. The first kappa shape index (κ1) is 20.0. The number of ether oxygens (including phenoxy) is 1. The molecule has 1 aromatic carbocycles. The van der Waals surface area contributed by atoms with E-state index in [0.29, 0.717) is 19.5 Å². The zero-order valence-electron chi connectivity index (χ0n) is 15.1. The molecule has 1 atom stereocenters. The molecule has 29 heavy (non-hydrogen) atoms. The first-order valence-electron chi connectivity index (χ1n) is 8.84. The van der Waals surface area contributed by atoms with Crippen molar-refractivity contribution in [1.82, 2.24) is 14.9 Å². The topological polar surface area (TPSA) is 55.3 Å². The van der Waals surface area contributed by atoms with E-state index in [1.165, 1.54) is 11.8 Å². The van der Waals surface area contributed by atoms with Crippen LogP contribution in [0, 0.1) is 0 Å². The van der Waals surface area contributed by atoms with E-state index in [1.54, 1.807) is 16.2 Å². The Morgan fingerprint density at radius 3 is 2.93 bits per heavy atom. The van der Waals surface area contributed by atoms with Crippen molar-refractivity contribution < 1.29 is 22.7 Å². The lowest BCUT2D eigenvalue weighted by molar-refractivity contribution is -0.137. The summed E-state index contributed by atoms with van der Waals surface area (Å²) in [5.41, 5.74) is 0.108. The van der Waals surface area contributed by atoms with Gasteiger partial charge in [-0.1, -0.05) is 23.9 Å². The molecule has 152 valence electrons. The molecule has 1 unspecified atom stereocenters. The quantitative estimate of drug-likeness (QED) is 0.549. The van der Waals surface area contributed by atoms with E-state index in [0.717, 1.165) is 32.9 Å². The molecule has 0 spiro atoms. The first-order chi connectivity index (χ1) is 13.9. The van der Waals surface area contributed by atoms with E-state index in [-0.39, 0.29) is 23.6 Å². The highest BCUT2D eigenvalue weighted by atomic mass is 32.2. The SMILES string of the molecule is O=C(CSc1nc2ccccc2s1)N1CCC(Oc2cc(C(F)(F)F)ccn2)C1. The maximum atomic E-state index is 12.8. The molecule has 4 rings (SSSR count). The minimum absolute atomic E-state index is 0.0441.